The maximum Gasteiger partial charge on any atom is 1.00 e. The first-order valence-corrected chi connectivity index (χ1v) is 2.75. The van der Waals surface area contributed by atoms with Crippen LogP contribution < -0.4 is 51.4 Å². The number of carbonyl (C=O) groups excluding carboxylic acids is 1. The van der Waals surface area contributed by atoms with Gasteiger partial charge in [0.05, 0.1) is 6.07 Å². The Morgan fingerprint density at radius 1 is 1.73 bits per heavy atom. The first kappa shape index (κ1) is 13.7. The number of nitrogens with zero attached hydrogens (tertiary/aromatic N) is 2. The van der Waals surface area contributed by atoms with Gasteiger partial charge in [-0.05, 0) is 6.42 Å². The first-order valence-electron chi connectivity index (χ1n) is 2.75. The van der Waals surface area contributed by atoms with Gasteiger partial charge in [0.15, 0.2) is 0 Å². The summed E-state index contributed by atoms with van der Waals surface area (Å²) in [5.41, 5.74) is 0. The quantitative estimate of drug-likeness (QED) is 0.270. The van der Waals surface area contributed by atoms with E-state index < -0.39 is 11.9 Å². The molecule has 0 saturated heterocycles. The zero-order valence-corrected chi connectivity index (χ0v) is 9.62. The van der Waals surface area contributed by atoms with Gasteiger partial charge in [-0.1, -0.05) is 6.92 Å². The fraction of sp³-hybridized carbons (Fsp3) is 0.500. The smallest absolute Gasteiger partial charge is 1.00 e. The van der Waals surface area contributed by atoms with E-state index in [0.29, 0.717) is 6.42 Å². The molecule has 0 bridgehead atoms. The Kier molecular flexibility index (Phi) is 10.2. The maximum atomic E-state index is 10.5. The number of rotatable bonds is 2. The molecule has 0 fully saturated rings. The normalized spacial score (nSPS) is 9.73. The number of hydrogen-bond donors (Lipinski definition) is 0. The maximum absolute atomic E-state index is 10.5. The second-order valence-corrected chi connectivity index (χ2v) is 1.60. The Morgan fingerprint density at radius 3 is 2.55 bits per heavy atom. The van der Waals surface area contributed by atoms with Crippen molar-refractivity contribution in [3.8, 4) is 12.3 Å². The van der Waals surface area contributed by atoms with Crippen LogP contribution in [0.2, 0.25) is 0 Å². The zero-order valence-electron chi connectivity index (χ0n) is 7.50. The molecule has 0 aromatic rings. The average Bonchev–Trinajstić information content (AvgIpc) is 1.91. The fourth-order valence-corrected chi connectivity index (χ4v) is 0.427. The van der Waals surface area contributed by atoms with Crippen molar-refractivity contribution >= 4 is 5.97 Å². The minimum absolute atomic E-state index is 0. The first-order chi connectivity index (χ1) is 4.76. The molecule has 0 heterocycles. The molecule has 0 spiro atoms. The van der Waals surface area contributed by atoms with Gasteiger partial charge >= 0.3 is 57.4 Å². The molecule has 0 aliphatic heterocycles. The van der Waals surface area contributed by atoms with Crippen LogP contribution in [-0.4, -0.2) is 5.97 Å². The van der Waals surface area contributed by atoms with Gasteiger partial charge in [-0.15, -0.1) is 5.26 Å². The van der Waals surface area contributed by atoms with E-state index in [2.05, 4.69) is 4.74 Å². The van der Waals surface area contributed by atoms with E-state index in [1.807, 2.05) is 0 Å². The molecule has 1 unspecified atom stereocenters. The van der Waals surface area contributed by atoms with Crippen LogP contribution in [0.15, 0.2) is 0 Å². The number of carbonyl (C=O) groups is 1. The van der Waals surface area contributed by atoms with E-state index in [4.69, 9.17) is 10.5 Å². The molecular weight excluding hydrogens is 171 g/mol. The summed E-state index contributed by atoms with van der Waals surface area (Å²) in [6, 6.07) is 1.71. The Labute approximate surface area is 109 Å². The van der Waals surface area contributed by atoms with Crippen molar-refractivity contribution in [2.45, 2.75) is 13.3 Å². The number of esters is 1. The molecular formula is C6H7KN2O2. The molecule has 0 aliphatic carbocycles. The van der Waals surface area contributed by atoms with Crippen LogP contribution in [-0.2, 0) is 9.53 Å². The van der Waals surface area contributed by atoms with Crippen LogP contribution in [0.5, 0.6) is 0 Å². The fourth-order valence-electron chi connectivity index (χ4n) is 0.427. The number of nitriles is 2. The van der Waals surface area contributed by atoms with Crippen molar-refractivity contribution in [1.82, 2.24) is 0 Å². The molecule has 0 aromatic carbocycles. The molecule has 54 valence electrons. The zero-order chi connectivity index (χ0) is 7.98. The van der Waals surface area contributed by atoms with E-state index in [1.54, 1.807) is 13.0 Å². The van der Waals surface area contributed by atoms with Gasteiger partial charge in [-0.2, -0.15) is 5.26 Å². The third kappa shape index (κ3) is 5.37. The van der Waals surface area contributed by atoms with Gasteiger partial charge in [0.2, 0.25) is 0 Å². The second kappa shape index (κ2) is 8.19. The molecule has 0 aliphatic rings. The van der Waals surface area contributed by atoms with Crippen LogP contribution >= 0.6 is 0 Å². The summed E-state index contributed by atoms with van der Waals surface area (Å²) < 4.78 is 3.93. The van der Waals surface area contributed by atoms with Crippen molar-refractivity contribution in [3.63, 3.8) is 0 Å². The Bertz CT molecular complexity index is 209. The van der Waals surface area contributed by atoms with Crippen LogP contribution in [0, 0.1) is 28.8 Å². The second-order valence-electron chi connectivity index (χ2n) is 1.60. The van der Waals surface area contributed by atoms with Crippen molar-refractivity contribution in [2.75, 3.05) is 0 Å². The average molecular weight is 178 g/mol. The summed E-state index contributed by atoms with van der Waals surface area (Å²) in [4.78, 5) is 10.5. The Morgan fingerprint density at radius 2 is 2.27 bits per heavy atom. The molecule has 0 rings (SSSR count). The van der Waals surface area contributed by atoms with Gasteiger partial charge < -0.3 is 6.16 Å². The molecule has 0 saturated carbocycles. The largest absolute Gasteiger partial charge is 1.00 e. The van der Waals surface area contributed by atoms with E-state index in [1.165, 1.54) is 6.26 Å². The SMILES string of the molecule is CCC(C#N)C(=O)OC#N.[H-].[K+]. The third-order valence-electron chi connectivity index (χ3n) is 0.995. The summed E-state index contributed by atoms with van der Waals surface area (Å²) in [6.45, 7) is 1.67. The Hall–Kier alpha value is 0.0864. The minimum Gasteiger partial charge on any atom is -1.00 e. The summed E-state index contributed by atoms with van der Waals surface area (Å²) in [5, 5.41) is 16.1. The van der Waals surface area contributed by atoms with Gasteiger partial charge in [0.25, 0.3) is 6.26 Å². The molecule has 11 heavy (non-hydrogen) atoms. The van der Waals surface area contributed by atoms with Crippen LogP contribution in [0.1, 0.15) is 14.8 Å². The van der Waals surface area contributed by atoms with Crippen LogP contribution in [0.3, 0.4) is 0 Å². The van der Waals surface area contributed by atoms with E-state index in [0.717, 1.165) is 0 Å². The van der Waals surface area contributed by atoms with Crippen molar-refractivity contribution in [3.05, 3.63) is 0 Å². The van der Waals surface area contributed by atoms with Crippen molar-refractivity contribution < 1.29 is 62.3 Å². The molecule has 0 N–H and O–H groups in total. The molecule has 0 aromatic heterocycles. The van der Waals surface area contributed by atoms with Crippen molar-refractivity contribution in [1.29, 1.82) is 10.5 Å². The summed E-state index contributed by atoms with van der Waals surface area (Å²) in [7, 11) is 0. The molecule has 1 atom stereocenters. The molecule has 0 amide bonds. The van der Waals surface area contributed by atoms with Crippen LogP contribution in [0.4, 0.5) is 0 Å². The molecule has 0 radical (unpaired) electrons. The van der Waals surface area contributed by atoms with E-state index >= 15 is 0 Å². The monoisotopic (exact) mass is 178 g/mol. The van der Waals surface area contributed by atoms with Gasteiger partial charge in [-0.3, -0.25) is 0 Å². The predicted octanol–water partition coefficient (Wildman–Crippen LogP) is -2.32. The molecule has 5 heteroatoms. The minimum atomic E-state index is -0.806. The third-order valence-corrected chi connectivity index (χ3v) is 0.995. The van der Waals surface area contributed by atoms with Gasteiger partial charge in [-0.25, -0.2) is 4.79 Å². The van der Waals surface area contributed by atoms with Crippen molar-refractivity contribution in [2.24, 2.45) is 5.92 Å². The predicted molar refractivity (Wildman–Crippen MR) is 32.2 cm³/mol. The van der Waals surface area contributed by atoms with E-state index in [-0.39, 0.29) is 52.8 Å². The topological polar surface area (TPSA) is 73.9 Å². The van der Waals surface area contributed by atoms with Gasteiger partial charge in [0, 0.05) is 0 Å². The summed E-state index contributed by atoms with van der Waals surface area (Å²) in [6.07, 6.45) is 1.59. The summed E-state index contributed by atoms with van der Waals surface area (Å²) in [5.74, 6) is -1.58. The number of hydrogen-bond acceptors (Lipinski definition) is 4. The molecule has 4 nitrogen and oxygen atoms in total. The Balaban J connectivity index is -0.000000405. The number of ether oxygens (including phenoxy) is 1. The van der Waals surface area contributed by atoms with E-state index in [9.17, 15) is 4.79 Å². The summed E-state index contributed by atoms with van der Waals surface area (Å²) >= 11 is 0. The van der Waals surface area contributed by atoms with Gasteiger partial charge in [0.1, 0.15) is 5.92 Å². The van der Waals surface area contributed by atoms with Crippen LogP contribution in [0.25, 0.3) is 0 Å². The standard InChI is InChI=1S/C6H6N2O2.K.H/c1-2-5(3-7)6(9)10-4-8;;/h5H,2H2,1H3;;/q;+1;-1.